The molecule has 0 bridgehead atoms. The van der Waals surface area contributed by atoms with Crippen LogP contribution in [0.25, 0.3) is 0 Å². The number of methoxy groups -OCH3 is 1. The average molecular weight is 217 g/mol. The Hall–Kier alpha value is -0.610. The van der Waals surface area contributed by atoms with Gasteiger partial charge in [0.1, 0.15) is 0 Å². The minimum atomic E-state index is -0.719. The highest BCUT2D eigenvalue weighted by atomic mass is 16.5. The van der Waals surface area contributed by atoms with Crippen LogP contribution in [0.3, 0.4) is 0 Å². The number of carbonyl (C=O) groups is 1. The third kappa shape index (κ3) is 5.14. The molecular formula is C11H23NO3. The Balaban J connectivity index is 4.01. The van der Waals surface area contributed by atoms with E-state index in [1.54, 1.807) is 14.0 Å². The number of nitrogens with zero attached hydrogens (tertiary/aromatic N) is 1. The molecule has 0 aliphatic heterocycles. The fourth-order valence-corrected chi connectivity index (χ4v) is 1.48. The molecule has 1 N–H and O–H groups in total. The van der Waals surface area contributed by atoms with E-state index in [1.807, 2.05) is 14.0 Å². The normalized spacial score (nSPS) is 15.3. The van der Waals surface area contributed by atoms with Crippen molar-refractivity contribution in [3.63, 3.8) is 0 Å². The lowest BCUT2D eigenvalue weighted by atomic mass is 9.87. The highest BCUT2D eigenvalue weighted by Crippen LogP contribution is 2.22. The third-order valence-electron chi connectivity index (χ3n) is 2.80. The number of hydrogen-bond donors (Lipinski definition) is 1. The van der Waals surface area contributed by atoms with Gasteiger partial charge in [-0.25, -0.2) is 0 Å². The molecule has 0 radical (unpaired) electrons. The number of hydrogen-bond acceptors (Lipinski definition) is 3. The van der Waals surface area contributed by atoms with Crippen LogP contribution in [0.2, 0.25) is 0 Å². The van der Waals surface area contributed by atoms with Gasteiger partial charge in [-0.2, -0.15) is 0 Å². The molecule has 0 saturated heterocycles. The van der Waals surface area contributed by atoms with Crippen LogP contribution in [-0.2, 0) is 9.53 Å². The molecule has 0 fully saturated rings. The lowest BCUT2D eigenvalue weighted by Gasteiger charge is -2.28. The summed E-state index contributed by atoms with van der Waals surface area (Å²) in [6.07, 6.45) is 1.59. The van der Waals surface area contributed by atoms with Crippen molar-refractivity contribution in [2.24, 2.45) is 5.41 Å². The summed E-state index contributed by atoms with van der Waals surface area (Å²) in [4.78, 5) is 13.1. The zero-order valence-corrected chi connectivity index (χ0v) is 10.2. The van der Waals surface area contributed by atoms with Gasteiger partial charge >= 0.3 is 5.97 Å². The molecule has 4 heteroatoms. The third-order valence-corrected chi connectivity index (χ3v) is 2.80. The summed E-state index contributed by atoms with van der Waals surface area (Å²) in [6.45, 7) is 5.89. The van der Waals surface area contributed by atoms with Crippen LogP contribution in [0, 0.1) is 5.41 Å². The maximum absolute atomic E-state index is 11.1. The van der Waals surface area contributed by atoms with Crippen molar-refractivity contribution < 1.29 is 14.6 Å². The minimum Gasteiger partial charge on any atom is -0.481 e. The van der Waals surface area contributed by atoms with Crippen LogP contribution in [0.5, 0.6) is 0 Å². The van der Waals surface area contributed by atoms with E-state index >= 15 is 0 Å². The maximum Gasteiger partial charge on any atom is 0.310 e. The second-order valence-electron chi connectivity index (χ2n) is 4.30. The fourth-order valence-electron chi connectivity index (χ4n) is 1.48. The zero-order chi connectivity index (χ0) is 11.9. The number of rotatable bonds is 8. The van der Waals surface area contributed by atoms with Crippen molar-refractivity contribution in [2.75, 3.05) is 33.9 Å². The molecular weight excluding hydrogens is 194 g/mol. The molecule has 0 saturated carbocycles. The lowest BCUT2D eigenvalue weighted by molar-refractivity contribution is -0.149. The van der Waals surface area contributed by atoms with Gasteiger partial charge in [-0.1, -0.05) is 6.92 Å². The molecule has 4 nitrogen and oxygen atoms in total. The van der Waals surface area contributed by atoms with Crippen LogP contribution < -0.4 is 0 Å². The van der Waals surface area contributed by atoms with E-state index in [9.17, 15) is 4.79 Å². The first kappa shape index (κ1) is 14.4. The van der Waals surface area contributed by atoms with E-state index in [-0.39, 0.29) is 0 Å². The molecule has 0 spiro atoms. The molecule has 0 aromatic rings. The first-order chi connectivity index (χ1) is 6.96. The topological polar surface area (TPSA) is 49.8 Å². The van der Waals surface area contributed by atoms with Gasteiger partial charge < -0.3 is 14.7 Å². The lowest BCUT2D eigenvalue weighted by Crippen LogP contribution is -2.39. The van der Waals surface area contributed by atoms with E-state index in [2.05, 4.69) is 4.90 Å². The number of carboxylic acid groups (broad SMARTS) is 1. The quantitative estimate of drug-likeness (QED) is 0.625. The standard InChI is InChI=1S/C11H23NO3/c1-5-11(2,10(13)14)9-12(3)7-6-8-15-4/h5-9H2,1-4H3,(H,13,14). The van der Waals surface area contributed by atoms with Gasteiger partial charge in [0.2, 0.25) is 0 Å². The summed E-state index contributed by atoms with van der Waals surface area (Å²) >= 11 is 0. The summed E-state index contributed by atoms with van der Waals surface area (Å²) in [6, 6.07) is 0. The predicted molar refractivity (Wildman–Crippen MR) is 60.0 cm³/mol. The van der Waals surface area contributed by atoms with Gasteiger partial charge in [0.15, 0.2) is 0 Å². The molecule has 0 aromatic carbocycles. The highest BCUT2D eigenvalue weighted by molar-refractivity contribution is 5.74. The first-order valence-corrected chi connectivity index (χ1v) is 5.37. The van der Waals surface area contributed by atoms with E-state index in [1.165, 1.54) is 0 Å². The molecule has 0 aromatic heterocycles. The van der Waals surface area contributed by atoms with Crippen LogP contribution in [0.1, 0.15) is 26.7 Å². The van der Waals surface area contributed by atoms with E-state index in [0.717, 1.165) is 19.6 Å². The van der Waals surface area contributed by atoms with Crippen LogP contribution in [0.15, 0.2) is 0 Å². The Kier molecular flexibility index (Phi) is 6.52. The number of aliphatic carboxylic acids is 1. The Morgan fingerprint density at radius 1 is 1.53 bits per heavy atom. The Morgan fingerprint density at radius 2 is 2.13 bits per heavy atom. The maximum atomic E-state index is 11.1. The second-order valence-corrected chi connectivity index (χ2v) is 4.30. The van der Waals surface area contributed by atoms with Gasteiger partial charge in [-0.15, -0.1) is 0 Å². The Labute approximate surface area is 92.2 Å². The van der Waals surface area contributed by atoms with Crippen molar-refractivity contribution in [3.8, 4) is 0 Å². The van der Waals surface area contributed by atoms with Gasteiger partial charge in [0.05, 0.1) is 5.41 Å². The van der Waals surface area contributed by atoms with E-state index < -0.39 is 11.4 Å². The van der Waals surface area contributed by atoms with Gasteiger partial charge in [-0.3, -0.25) is 4.79 Å². The summed E-state index contributed by atoms with van der Waals surface area (Å²) in [5.41, 5.74) is -0.637. The number of carboxylic acids is 1. The summed E-state index contributed by atoms with van der Waals surface area (Å²) in [5.74, 6) is -0.719. The number of ether oxygens (including phenoxy) is 1. The van der Waals surface area contributed by atoms with Crippen molar-refractivity contribution in [2.45, 2.75) is 26.7 Å². The van der Waals surface area contributed by atoms with E-state index in [4.69, 9.17) is 9.84 Å². The molecule has 15 heavy (non-hydrogen) atoms. The van der Waals surface area contributed by atoms with Crippen molar-refractivity contribution in [3.05, 3.63) is 0 Å². The fraction of sp³-hybridized carbons (Fsp3) is 0.909. The van der Waals surface area contributed by atoms with Crippen LogP contribution in [0.4, 0.5) is 0 Å². The Morgan fingerprint density at radius 3 is 2.53 bits per heavy atom. The molecule has 0 amide bonds. The summed E-state index contributed by atoms with van der Waals surface area (Å²) < 4.78 is 4.95. The van der Waals surface area contributed by atoms with Crippen molar-refractivity contribution in [1.82, 2.24) is 4.90 Å². The molecule has 1 unspecified atom stereocenters. The SMILES string of the molecule is CCC(C)(CN(C)CCCOC)C(=O)O. The molecule has 90 valence electrons. The minimum absolute atomic E-state index is 0.586. The Bertz CT molecular complexity index is 196. The van der Waals surface area contributed by atoms with Gasteiger partial charge in [-0.05, 0) is 26.8 Å². The summed E-state index contributed by atoms with van der Waals surface area (Å²) in [5, 5.41) is 9.10. The van der Waals surface area contributed by atoms with Crippen molar-refractivity contribution in [1.29, 1.82) is 0 Å². The average Bonchev–Trinajstić information content (AvgIpc) is 2.17. The molecule has 0 rings (SSSR count). The molecule has 0 heterocycles. The molecule has 0 aliphatic carbocycles. The highest BCUT2D eigenvalue weighted by Gasteiger charge is 2.32. The molecule has 1 atom stereocenters. The monoisotopic (exact) mass is 217 g/mol. The second kappa shape index (κ2) is 6.80. The van der Waals surface area contributed by atoms with Crippen LogP contribution >= 0.6 is 0 Å². The molecule has 0 aliphatic rings. The first-order valence-electron chi connectivity index (χ1n) is 5.37. The zero-order valence-electron chi connectivity index (χ0n) is 10.2. The van der Waals surface area contributed by atoms with Gasteiger partial charge in [0.25, 0.3) is 0 Å². The van der Waals surface area contributed by atoms with E-state index in [0.29, 0.717) is 13.0 Å². The van der Waals surface area contributed by atoms with Crippen molar-refractivity contribution >= 4 is 5.97 Å². The smallest absolute Gasteiger partial charge is 0.310 e. The largest absolute Gasteiger partial charge is 0.481 e. The summed E-state index contributed by atoms with van der Waals surface area (Å²) in [7, 11) is 3.62. The van der Waals surface area contributed by atoms with Crippen LogP contribution in [-0.4, -0.2) is 49.8 Å². The van der Waals surface area contributed by atoms with Gasteiger partial charge in [0, 0.05) is 26.8 Å². The predicted octanol–water partition coefficient (Wildman–Crippen LogP) is 1.46.